The van der Waals surface area contributed by atoms with Gasteiger partial charge in [0, 0.05) is 28.9 Å². The maximum atomic E-state index is 13.6. The molecule has 3 aromatic heterocycles. The number of rotatable bonds is 5. The number of carbonyl (C=O) groups excluding carboxylic acids is 1. The average molecular weight is 499 g/mol. The Kier molecular flexibility index (Phi) is 6.26. The van der Waals surface area contributed by atoms with E-state index in [9.17, 15) is 9.18 Å². The molecule has 3 N–H and O–H groups in total. The minimum absolute atomic E-state index is 0.0407. The van der Waals surface area contributed by atoms with Gasteiger partial charge in [0.05, 0.1) is 33.7 Å². The molecule has 5 rings (SSSR count). The Hall–Kier alpha value is -4.43. The maximum absolute atomic E-state index is 13.6. The van der Waals surface area contributed by atoms with E-state index in [-0.39, 0.29) is 23.4 Å². The number of amides is 1. The number of benzene rings is 2. The lowest BCUT2D eigenvalue weighted by Gasteiger charge is -2.16. The molecule has 2 aromatic carbocycles. The molecular formula is C27H20ClFN6O. The summed E-state index contributed by atoms with van der Waals surface area (Å²) in [5, 5.41) is 4.08. The Labute approximate surface area is 211 Å². The highest BCUT2D eigenvalue weighted by Crippen LogP contribution is 2.35. The van der Waals surface area contributed by atoms with Gasteiger partial charge in [-0.3, -0.25) is 14.8 Å². The van der Waals surface area contributed by atoms with Crippen LogP contribution in [0.25, 0.3) is 33.4 Å². The van der Waals surface area contributed by atoms with E-state index in [1.807, 2.05) is 31.2 Å². The van der Waals surface area contributed by atoms with Crippen molar-refractivity contribution >= 4 is 34.2 Å². The van der Waals surface area contributed by atoms with Crippen LogP contribution >= 0.6 is 11.6 Å². The molecule has 5 aromatic rings. The van der Waals surface area contributed by atoms with E-state index in [4.69, 9.17) is 17.3 Å². The molecule has 3 heterocycles. The van der Waals surface area contributed by atoms with E-state index >= 15 is 0 Å². The minimum Gasteiger partial charge on any atom is -0.382 e. The zero-order chi connectivity index (χ0) is 25.2. The van der Waals surface area contributed by atoms with Gasteiger partial charge in [-0.25, -0.2) is 14.4 Å². The number of nitrogens with zero attached hydrogens (tertiary/aromatic N) is 4. The molecule has 0 bridgehead atoms. The molecule has 0 saturated heterocycles. The van der Waals surface area contributed by atoms with Crippen LogP contribution in [0.15, 0.2) is 79.1 Å². The molecule has 9 heteroatoms. The van der Waals surface area contributed by atoms with E-state index in [2.05, 4.69) is 25.3 Å². The highest BCUT2D eigenvalue weighted by molar-refractivity contribution is 6.35. The summed E-state index contributed by atoms with van der Waals surface area (Å²) in [5.41, 5.74) is 9.46. The van der Waals surface area contributed by atoms with Crippen molar-refractivity contribution in [3.8, 4) is 22.5 Å². The van der Waals surface area contributed by atoms with Crippen molar-refractivity contribution in [1.82, 2.24) is 25.3 Å². The van der Waals surface area contributed by atoms with Crippen LogP contribution in [0.3, 0.4) is 0 Å². The number of halogens is 2. The first kappa shape index (κ1) is 23.3. The second-order valence-electron chi connectivity index (χ2n) is 8.14. The van der Waals surface area contributed by atoms with E-state index in [0.717, 1.165) is 5.39 Å². The Bertz CT molecular complexity index is 1580. The summed E-state index contributed by atoms with van der Waals surface area (Å²) in [6.07, 6.45) is 3.31. The van der Waals surface area contributed by atoms with Crippen LogP contribution in [-0.2, 0) is 0 Å². The normalized spacial score (nSPS) is 11.9. The molecule has 0 aliphatic heterocycles. The first-order chi connectivity index (χ1) is 17.4. The molecule has 36 heavy (non-hydrogen) atoms. The summed E-state index contributed by atoms with van der Waals surface area (Å²) in [6.45, 7) is 1.81. The zero-order valence-electron chi connectivity index (χ0n) is 19.1. The number of fused-ring (bicyclic) bond motifs is 1. The van der Waals surface area contributed by atoms with Gasteiger partial charge in [0.2, 0.25) is 0 Å². The topological polar surface area (TPSA) is 107 Å². The third kappa shape index (κ3) is 4.58. The van der Waals surface area contributed by atoms with Crippen LogP contribution in [0, 0.1) is 5.82 Å². The molecule has 0 saturated carbocycles. The fourth-order valence-corrected chi connectivity index (χ4v) is 4.16. The number of nitrogens with two attached hydrogens (primary N) is 1. The number of nitrogen functional groups attached to an aromatic ring is 1. The van der Waals surface area contributed by atoms with E-state index in [0.29, 0.717) is 38.7 Å². The Morgan fingerprint density at radius 1 is 0.944 bits per heavy atom. The number of hydrogen-bond acceptors (Lipinski definition) is 6. The summed E-state index contributed by atoms with van der Waals surface area (Å²) >= 11 is 6.53. The van der Waals surface area contributed by atoms with E-state index in [1.165, 1.54) is 12.1 Å². The number of hydrogen-bond donors (Lipinski definition) is 2. The lowest BCUT2D eigenvalue weighted by molar-refractivity contribution is 0.0935. The second kappa shape index (κ2) is 9.67. The van der Waals surface area contributed by atoms with Gasteiger partial charge in [0.15, 0.2) is 11.5 Å². The van der Waals surface area contributed by atoms with Crippen molar-refractivity contribution in [3.05, 3.63) is 101 Å². The molecule has 0 fully saturated rings. The molecule has 0 radical (unpaired) electrons. The molecule has 0 spiro atoms. The first-order valence-corrected chi connectivity index (χ1v) is 11.5. The van der Waals surface area contributed by atoms with Crippen LogP contribution < -0.4 is 11.1 Å². The van der Waals surface area contributed by atoms with Crippen LogP contribution in [0.4, 0.5) is 10.2 Å². The van der Waals surface area contributed by atoms with Crippen molar-refractivity contribution < 1.29 is 9.18 Å². The Morgan fingerprint density at radius 2 is 1.69 bits per heavy atom. The predicted molar refractivity (Wildman–Crippen MR) is 138 cm³/mol. The number of aromatic nitrogens is 4. The molecule has 1 amide bonds. The highest BCUT2D eigenvalue weighted by atomic mass is 35.5. The summed E-state index contributed by atoms with van der Waals surface area (Å²) < 4.78 is 13.6. The fraction of sp³-hybridized carbons (Fsp3) is 0.0741. The van der Waals surface area contributed by atoms with E-state index in [1.54, 1.807) is 42.7 Å². The van der Waals surface area contributed by atoms with Gasteiger partial charge in [-0.2, -0.15) is 0 Å². The van der Waals surface area contributed by atoms with Crippen molar-refractivity contribution in [3.63, 3.8) is 0 Å². The molecule has 178 valence electrons. The summed E-state index contributed by atoms with van der Waals surface area (Å²) in [5.74, 6) is -0.948. The minimum atomic E-state index is -0.501. The van der Waals surface area contributed by atoms with Crippen molar-refractivity contribution in [2.45, 2.75) is 13.0 Å². The van der Waals surface area contributed by atoms with Gasteiger partial charge >= 0.3 is 0 Å². The number of anilines is 1. The standard InChI is InChI=1S/C27H20ClFN6O/c1-15(21-6-2-3-11-31-21)33-27(36)25-26(30)35-23(16-7-9-19(29)10-8-16)24(34-25)18-13-17-5-4-12-32-22(17)20(28)14-18/h2-15H,1H3,(H2,30,35)(H,33,36)/t15-/m1/s1. The lowest BCUT2D eigenvalue weighted by Crippen LogP contribution is -2.29. The van der Waals surface area contributed by atoms with Gasteiger partial charge in [-0.1, -0.05) is 23.7 Å². The van der Waals surface area contributed by atoms with Crippen LogP contribution in [0.2, 0.25) is 5.02 Å². The third-order valence-electron chi connectivity index (χ3n) is 5.67. The molecule has 1 atom stereocenters. The molecule has 7 nitrogen and oxygen atoms in total. The summed E-state index contributed by atoms with van der Waals surface area (Å²) in [7, 11) is 0. The second-order valence-corrected chi connectivity index (χ2v) is 8.55. The third-order valence-corrected chi connectivity index (χ3v) is 5.95. The SMILES string of the molecule is C[C@@H](NC(=O)c1nc(-c2cc(Cl)c3ncccc3c2)c(-c2ccc(F)cc2)nc1N)c1ccccn1. The number of carbonyl (C=O) groups is 1. The van der Waals surface area contributed by atoms with Gasteiger partial charge in [0.25, 0.3) is 5.91 Å². The Morgan fingerprint density at radius 3 is 2.44 bits per heavy atom. The number of pyridine rings is 2. The molecule has 0 aliphatic carbocycles. The highest BCUT2D eigenvalue weighted by Gasteiger charge is 2.22. The predicted octanol–water partition coefficient (Wildman–Crippen LogP) is 5.62. The largest absolute Gasteiger partial charge is 0.382 e. The smallest absolute Gasteiger partial charge is 0.274 e. The average Bonchev–Trinajstić information content (AvgIpc) is 2.89. The quantitative estimate of drug-likeness (QED) is 0.326. The van der Waals surface area contributed by atoms with Gasteiger partial charge in [-0.15, -0.1) is 0 Å². The monoisotopic (exact) mass is 498 g/mol. The van der Waals surface area contributed by atoms with Crippen LogP contribution in [-0.4, -0.2) is 25.8 Å². The first-order valence-electron chi connectivity index (χ1n) is 11.1. The summed E-state index contributed by atoms with van der Waals surface area (Å²) in [4.78, 5) is 31.0. The van der Waals surface area contributed by atoms with Gasteiger partial charge in [-0.05, 0) is 61.5 Å². The van der Waals surface area contributed by atoms with Gasteiger partial charge in [0.1, 0.15) is 5.82 Å². The molecule has 0 aliphatic rings. The maximum Gasteiger partial charge on any atom is 0.274 e. The van der Waals surface area contributed by atoms with Crippen LogP contribution in [0.1, 0.15) is 29.1 Å². The fourth-order valence-electron chi connectivity index (χ4n) is 3.88. The lowest BCUT2D eigenvalue weighted by atomic mass is 10.0. The van der Waals surface area contributed by atoms with Crippen molar-refractivity contribution in [2.75, 3.05) is 5.73 Å². The summed E-state index contributed by atoms with van der Waals surface area (Å²) in [6, 6.07) is 18.1. The van der Waals surface area contributed by atoms with Crippen molar-refractivity contribution in [2.24, 2.45) is 0 Å². The molecule has 0 unspecified atom stereocenters. The van der Waals surface area contributed by atoms with Crippen LogP contribution in [0.5, 0.6) is 0 Å². The zero-order valence-corrected chi connectivity index (χ0v) is 19.9. The van der Waals surface area contributed by atoms with E-state index < -0.39 is 5.91 Å². The van der Waals surface area contributed by atoms with Crippen molar-refractivity contribution in [1.29, 1.82) is 0 Å². The molecular weight excluding hydrogens is 479 g/mol. The number of nitrogens with one attached hydrogen (secondary N) is 1. The van der Waals surface area contributed by atoms with Gasteiger partial charge < -0.3 is 11.1 Å². The Balaban J connectivity index is 1.64.